The number of hydrogen-bond donors (Lipinski definition) is 0. The third-order valence-electron chi connectivity index (χ3n) is 2.63. The van der Waals surface area contributed by atoms with Gasteiger partial charge in [0.1, 0.15) is 5.75 Å². The fraction of sp³-hybridized carbons (Fsp3) is 0.571. The molecule has 0 aliphatic heterocycles. The van der Waals surface area contributed by atoms with Crippen LogP contribution in [0.4, 0.5) is 0 Å². The predicted molar refractivity (Wildman–Crippen MR) is 77.9 cm³/mol. The van der Waals surface area contributed by atoms with E-state index in [0.29, 0.717) is 11.8 Å². The Hall–Kier alpha value is -0.210. The van der Waals surface area contributed by atoms with Crippen LogP contribution in [-0.4, -0.2) is 12.5 Å². The Morgan fingerprint density at radius 2 is 1.88 bits per heavy atom. The predicted octanol–water partition coefficient (Wildman–Crippen LogP) is 5.12. The Morgan fingerprint density at radius 1 is 1.24 bits per heavy atom. The molecule has 1 unspecified atom stereocenters. The van der Waals surface area contributed by atoms with E-state index in [0.717, 1.165) is 29.1 Å². The van der Waals surface area contributed by atoms with Crippen LogP contribution in [0, 0.1) is 11.8 Å². The lowest BCUT2D eigenvalue weighted by Crippen LogP contribution is -2.11. The molecule has 17 heavy (non-hydrogen) atoms. The van der Waals surface area contributed by atoms with E-state index in [1.54, 1.807) is 0 Å². The molecule has 0 fully saturated rings. The maximum atomic E-state index is 5.95. The van der Waals surface area contributed by atoms with E-state index in [4.69, 9.17) is 16.3 Å². The van der Waals surface area contributed by atoms with Gasteiger partial charge in [-0.1, -0.05) is 29.8 Å². The smallest absolute Gasteiger partial charge is 0.119 e. The zero-order valence-corrected chi connectivity index (χ0v) is 12.8. The summed E-state index contributed by atoms with van der Waals surface area (Å²) in [6.07, 6.45) is 2.20. The summed E-state index contributed by atoms with van der Waals surface area (Å²) in [5, 5.41) is 0. The van der Waals surface area contributed by atoms with Gasteiger partial charge in [0.15, 0.2) is 0 Å². The zero-order valence-electron chi connectivity index (χ0n) is 10.5. The van der Waals surface area contributed by atoms with Crippen LogP contribution >= 0.6 is 27.5 Å². The molecule has 3 heteroatoms. The van der Waals surface area contributed by atoms with E-state index in [1.807, 2.05) is 24.3 Å². The van der Waals surface area contributed by atoms with Crippen LogP contribution in [0.25, 0.3) is 0 Å². The lowest BCUT2D eigenvalue weighted by atomic mass is 9.96. The van der Waals surface area contributed by atoms with E-state index >= 15 is 0 Å². The molecule has 0 amide bonds. The van der Waals surface area contributed by atoms with Crippen LogP contribution in [0.1, 0.15) is 26.7 Å². The minimum Gasteiger partial charge on any atom is -0.494 e. The Balaban J connectivity index is 2.28. The topological polar surface area (TPSA) is 9.23 Å². The van der Waals surface area contributed by atoms with Crippen LogP contribution in [-0.2, 0) is 0 Å². The molecule has 1 atom stereocenters. The van der Waals surface area contributed by atoms with E-state index in [1.165, 1.54) is 6.42 Å². The largest absolute Gasteiger partial charge is 0.494 e. The van der Waals surface area contributed by atoms with E-state index in [2.05, 4.69) is 29.8 Å². The lowest BCUT2D eigenvalue weighted by molar-refractivity contribution is 0.271. The average Bonchev–Trinajstić information content (AvgIpc) is 2.30. The van der Waals surface area contributed by atoms with E-state index < -0.39 is 0 Å². The van der Waals surface area contributed by atoms with Crippen molar-refractivity contribution in [1.82, 2.24) is 0 Å². The standard InChI is InChI=1S/C14H20BrClO/c1-11(2)9-12(10-16)7-8-17-14-5-3-13(15)4-6-14/h3-6,11-12H,7-10H2,1-2H3. The molecule has 0 heterocycles. The second-order valence-corrected chi connectivity index (χ2v) is 5.97. The van der Waals surface area contributed by atoms with Gasteiger partial charge in [0, 0.05) is 10.4 Å². The van der Waals surface area contributed by atoms with Crippen molar-refractivity contribution in [3.05, 3.63) is 28.7 Å². The Kier molecular flexibility index (Phi) is 6.98. The number of hydrogen-bond acceptors (Lipinski definition) is 1. The van der Waals surface area contributed by atoms with Crippen molar-refractivity contribution in [2.45, 2.75) is 26.7 Å². The summed E-state index contributed by atoms with van der Waals surface area (Å²) in [5.41, 5.74) is 0. The lowest BCUT2D eigenvalue weighted by Gasteiger charge is -2.16. The average molecular weight is 320 g/mol. The van der Waals surface area contributed by atoms with Gasteiger partial charge in [-0.3, -0.25) is 0 Å². The Bertz CT molecular complexity index is 311. The highest BCUT2D eigenvalue weighted by molar-refractivity contribution is 9.10. The summed E-state index contributed by atoms with van der Waals surface area (Å²) in [6, 6.07) is 7.93. The highest BCUT2D eigenvalue weighted by Gasteiger charge is 2.09. The molecule has 0 saturated carbocycles. The molecule has 0 aliphatic rings. The number of ether oxygens (including phenoxy) is 1. The van der Waals surface area contributed by atoms with Crippen LogP contribution in [0.5, 0.6) is 5.75 Å². The molecule has 0 N–H and O–H groups in total. The molecular formula is C14H20BrClO. The van der Waals surface area contributed by atoms with Gasteiger partial charge in [-0.25, -0.2) is 0 Å². The first-order valence-electron chi connectivity index (χ1n) is 6.06. The molecule has 1 nitrogen and oxygen atoms in total. The molecule has 0 spiro atoms. The maximum Gasteiger partial charge on any atom is 0.119 e. The van der Waals surface area contributed by atoms with Crippen molar-refractivity contribution >= 4 is 27.5 Å². The molecule has 0 aromatic heterocycles. The summed E-state index contributed by atoms with van der Waals surface area (Å²) in [5.74, 6) is 2.91. The van der Waals surface area contributed by atoms with Gasteiger partial charge in [0.25, 0.3) is 0 Å². The molecule has 96 valence electrons. The second kappa shape index (κ2) is 7.99. The van der Waals surface area contributed by atoms with Crippen molar-refractivity contribution in [3.8, 4) is 5.75 Å². The van der Waals surface area contributed by atoms with Crippen LogP contribution in [0.3, 0.4) is 0 Å². The normalized spacial score (nSPS) is 12.8. The highest BCUT2D eigenvalue weighted by atomic mass is 79.9. The van der Waals surface area contributed by atoms with Crippen molar-refractivity contribution < 1.29 is 4.74 Å². The zero-order chi connectivity index (χ0) is 12.7. The SMILES string of the molecule is CC(C)CC(CCl)CCOc1ccc(Br)cc1. The molecule has 1 rings (SSSR count). The van der Waals surface area contributed by atoms with Crippen LogP contribution in [0.15, 0.2) is 28.7 Å². The minimum absolute atomic E-state index is 0.562. The fourth-order valence-corrected chi connectivity index (χ4v) is 2.34. The van der Waals surface area contributed by atoms with Gasteiger partial charge in [-0.2, -0.15) is 0 Å². The van der Waals surface area contributed by atoms with Gasteiger partial charge in [-0.05, 0) is 48.9 Å². The highest BCUT2D eigenvalue weighted by Crippen LogP contribution is 2.19. The van der Waals surface area contributed by atoms with E-state index in [-0.39, 0.29) is 0 Å². The number of alkyl halides is 1. The van der Waals surface area contributed by atoms with Gasteiger partial charge in [0.05, 0.1) is 6.61 Å². The molecule has 1 aromatic rings. The minimum atomic E-state index is 0.562. The Labute approximate surface area is 118 Å². The summed E-state index contributed by atoms with van der Waals surface area (Å²) in [7, 11) is 0. The Morgan fingerprint density at radius 3 is 2.41 bits per heavy atom. The van der Waals surface area contributed by atoms with Gasteiger partial charge in [-0.15, -0.1) is 11.6 Å². The molecule has 0 bridgehead atoms. The molecular weight excluding hydrogens is 300 g/mol. The number of halogens is 2. The molecule has 0 saturated heterocycles. The first-order valence-corrected chi connectivity index (χ1v) is 7.39. The van der Waals surface area contributed by atoms with Crippen LogP contribution in [0.2, 0.25) is 0 Å². The van der Waals surface area contributed by atoms with Crippen molar-refractivity contribution in [3.63, 3.8) is 0 Å². The van der Waals surface area contributed by atoms with Gasteiger partial charge < -0.3 is 4.74 Å². The maximum absolute atomic E-state index is 5.95. The molecule has 0 aliphatic carbocycles. The summed E-state index contributed by atoms with van der Waals surface area (Å²) in [4.78, 5) is 0. The summed E-state index contributed by atoms with van der Waals surface area (Å²) < 4.78 is 6.77. The second-order valence-electron chi connectivity index (χ2n) is 4.74. The fourth-order valence-electron chi connectivity index (χ4n) is 1.80. The molecule has 0 radical (unpaired) electrons. The first kappa shape index (κ1) is 14.8. The quantitative estimate of drug-likeness (QED) is 0.634. The summed E-state index contributed by atoms with van der Waals surface area (Å²) >= 11 is 9.35. The monoisotopic (exact) mass is 318 g/mol. The number of benzene rings is 1. The van der Waals surface area contributed by atoms with Crippen LogP contribution < -0.4 is 4.74 Å². The third kappa shape index (κ3) is 6.32. The molecule has 1 aromatic carbocycles. The van der Waals surface area contributed by atoms with Crippen molar-refractivity contribution in [2.24, 2.45) is 11.8 Å². The van der Waals surface area contributed by atoms with Crippen molar-refractivity contribution in [1.29, 1.82) is 0 Å². The number of rotatable bonds is 7. The van der Waals surface area contributed by atoms with Gasteiger partial charge in [0.2, 0.25) is 0 Å². The summed E-state index contributed by atoms with van der Waals surface area (Å²) in [6.45, 7) is 5.20. The van der Waals surface area contributed by atoms with Crippen molar-refractivity contribution in [2.75, 3.05) is 12.5 Å². The van der Waals surface area contributed by atoms with Gasteiger partial charge >= 0.3 is 0 Å². The first-order chi connectivity index (χ1) is 8.11. The van der Waals surface area contributed by atoms with E-state index in [9.17, 15) is 0 Å². The third-order valence-corrected chi connectivity index (χ3v) is 3.60.